The van der Waals surface area contributed by atoms with Gasteiger partial charge in [0.25, 0.3) is 0 Å². The second-order valence-corrected chi connectivity index (χ2v) is 5.15. The van der Waals surface area contributed by atoms with E-state index < -0.39 is 5.97 Å². The lowest BCUT2D eigenvalue weighted by Crippen LogP contribution is -2.35. The van der Waals surface area contributed by atoms with Crippen LogP contribution in [0.1, 0.15) is 10.5 Å². The molecular weight excluding hydrogens is 250 g/mol. The molecule has 19 heavy (non-hydrogen) atoms. The second kappa shape index (κ2) is 4.43. The van der Waals surface area contributed by atoms with Gasteiger partial charge in [0, 0.05) is 36.8 Å². The summed E-state index contributed by atoms with van der Waals surface area (Å²) in [6, 6.07) is 0. The van der Waals surface area contributed by atoms with Gasteiger partial charge in [-0.05, 0) is 0 Å². The molecule has 2 N–H and O–H groups in total. The number of fused-ring (bicyclic) bond motifs is 1. The Morgan fingerprint density at radius 1 is 1.53 bits per heavy atom. The van der Waals surface area contributed by atoms with Crippen molar-refractivity contribution in [2.45, 2.75) is 0 Å². The average molecular weight is 265 g/mol. The van der Waals surface area contributed by atoms with E-state index in [1.54, 1.807) is 0 Å². The highest BCUT2D eigenvalue weighted by molar-refractivity contribution is 5.91. The van der Waals surface area contributed by atoms with Crippen LogP contribution < -0.4 is 4.90 Å². The fourth-order valence-electron chi connectivity index (χ4n) is 2.93. The van der Waals surface area contributed by atoms with Crippen LogP contribution >= 0.6 is 0 Å². The van der Waals surface area contributed by atoms with Crippen LogP contribution in [0.15, 0.2) is 12.4 Å². The lowest BCUT2D eigenvalue weighted by molar-refractivity contribution is 0.0690. The van der Waals surface area contributed by atoms with Gasteiger partial charge in [0.2, 0.25) is 0 Å². The van der Waals surface area contributed by atoms with Gasteiger partial charge in [-0.2, -0.15) is 0 Å². The average Bonchev–Trinajstić information content (AvgIpc) is 2.95. The van der Waals surface area contributed by atoms with Crippen molar-refractivity contribution in [2.24, 2.45) is 11.3 Å². The van der Waals surface area contributed by atoms with Gasteiger partial charge in [0.1, 0.15) is 0 Å². The fraction of sp³-hybridized carbons (Fsp3) is 0.583. The van der Waals surface area contributed by atoms with E-state index >= 15 is 0 Å². The molecule has 2 saturated heterocycles. The summed E-state index contributed by atoms with van der Waals surface area (Å²) in [7, 11) is 0. The Labute approximate surface area is 109 Å². The number of rotatable bonds is 3. The summed E-state index contributed by atoms with van der Waals surface area (Å²) in [6.07, 6.45) is 2.85. The van der Waals surface area contributed by atoms with Crippen LogP contribution in [0.4, 0.5) is 5.82 Å². The molecule has 7 heteroatoms. The molecule has 0 unspecified atom stereocenters. The zero-order valence-corrected chi connectivity index (χ0v) is 10.3. The third-order valence-corrected chi connectivity index (χ3v) is 4.02. The van der Waals surface area contributed by atoms with Crippen LogP contribution in [0.3, 0.4) is 0 Å². The number of carbonyl (C=O) groups is 1. The minimum atomic E-state index is -1.09. The molecule has 2 atom stereocenters. The summed E-state index contributed by atoms with van der Waals surface area (Å²) in [5, 5.41) is 18.8. The van der Waals surface area contributed by atoms with E-state index in [1.165, 1.54) is 12.4 Å². The van der Waals surface area contributed by atoms with Gasteiger partial charge in [-0.15, -0.1) is 0 Å². The number of ether oxygens (including phenoxy) is 1. The SMILES string of the molecule is O=C(O)c1nccnc1N1C[C@@H]2COC[C@]2(CO)C1. The molecule has 0 spiro atoms. The van der Waals surface area contributed by atoms with Gasteiger partial charge >= 0.3 is 5.97 Å². The number of hydrogen-bond acceptors (Lipinski definition) is 6. The van der Waals surface area contributed by atoms with E-state index in [2.05, 4.69) is 9.97 Å². The predicted octanol–water partition coefficient (Wildman–Crippen LogP) is -0.380. The van der Waals surface area contributed by atoms with Crippen molar-refractivity contribution in [3.63, 3.8) is 0 Å². The van der Waals surface area contributed by atoms with E-state index in [1.807, 2.05) is 4.90 Å². The molecule has 0 amide bonds. The van der Waals surface area contributed by atoms with Crippen molar-refractivity contribution in [3.05, 3.63) is 18.1 Å². The van der Waals surface area contributed by atoms with E-state index in [0.29, 0.717) is 32.1 Å². The number of hydrogen-bond donors (Lipinski definition) is 2. The molecule has 3 rings (SSSR count). The Morgan fingerprint density at radius 2 is 2.32 bits per heavy atom. The van der Waals surface area contributed by atoms with Crippen molar-refractivity contribution in [1.82, 2.24) is 9.97 Å². The first-order chi connectivity index (χ1) is 9.16. The Kier molecular flexibility index (Phi) is 2.87. The Bertz CT molecular complexity index is 510. The van der Waals surface area contributed by atoms with Crippen LogP contribution in [-0.2, 0) is 4.74 Å². The summed E-state index contributed by atoms with van der Waals surface area (Å²) >= 11 is 0. The molecule has 2 fully saturated rings. The van der Waals surface area contributed by atoms with Crippen LogP contribution in [0.25, 0.3) is 0 Å². The zero-order valence-electron chi connectivity index (χ0n) is 10.3. The second-order valence-electron chi connectivity index (χ2n) is 5.15. The minimum Gasteiger partial charge on any atom is -0.476 e. The first-order valence-electron chi connectivity index (χ1n) is 6.14. The summed E-state index contributed by atoms with van der Waals surface area (Å²) in [6.45, 7) is 2.33. The normalized spacial score (nSPS) is 29.5. The number of carboxylic acids is 1. The maximum atomic E-state index is 11.2. The van der Waals surface area contributed by atoms with Gasteiger partial charge in [-0.25, -0.2) is 14.8 Å². The molecule has 0 bridgehead atoms. The molecule has 2 aliphatic heterocycles. The summed E-state index contributed by atoms with van der Waals surface area (Å²) in [5.41, 5.74) is -0.343. The first-order valence-corrected chi connectivity index (χ1v) is 6.14. The third kappa shape index (κ3) is 1.85. The van der Waals surface area contributed by atoms with Gasteiger partial charge in [0.15, 0.2) is 11.5 Å². The molecule has 1 aromatic rings. The minimum absolute atomic E-state index is 0.0385. The van der Waals surface area contributed by atoms with Gasteiger partial charge in [-0.3, -0.25) is 0 Å². The van der Waals surface area contributed by atoms with E-state index in [0.717, 1.165) is 0 Å². The summed E-state index contributed by atoms with van der Waals surface area (Å²) in [5.74, 6) is -0.507. The lowest BCUT2D eigenvalue weighted by atomic mass is 9.82. The Morgan fingerprint density at radius 3 is 3.00 bits per heavy atom. The lowest BCUT2D eigenvalue weighted by Gasteiger charge is -2.24. The fourth-order valence-corrected chi connectivity index (χ4v) is 2.93. The monoisotopic (exact) mass is 265 g/mol. The molecule has 0 saturated carbocycles. The Hall–Kier alpha value is -1.73. The first kappa shape index (κ1) is 12.3. The standard InChI is InChI=1S/C12H15N3O4/c16-6-12-5-15(3-8(12)4-19-7-12)10-9(11(17)18)13-1-2-14-10/h1-2,8,16H,3-7H2,(H,17,18)/t8-,12-/m1/s1. The highest BCUT2D eigenvalue weighted by Crippen LogP contribution is 2.42. The summed E-state index contributed by atoms with van der Waals surface area (Å²) in [4.78, 5) is 21.1. The van der Waals surface area contributed by atoms with E-state index in [4.69, 9.17) is 9.84 Å². The molecule has 7 nitrogen and oxygen atoms in total. The number of aliphatic hydroxyl groups is 1. The molecule has 1 aromatic heterocycles. The molecule has 102 valence electrons. The molecule has 3 heterocycles. The topological polar surface area (TPSA) is 95.8 Å². The van der Waals surface area contributed by atoms with Crippen LogP contribution in [0.2, 0.25) is 0 Å². The maximum absolute atomic E-state index is 11.2. The molecule has 0 aromatic carbocycles. The van der Waals surface area contributed by atoms with Gasteiger partial charge in [0.05, 0.1) is 19.8 Å². The molecule has 0 aliphatic carbocycles. The number of aromatic carboxylic acids is 1. The third-order valence-electron chi connectivity index (χ3n) is 4.02. The predicted molar refractivity (Wildman–Crippen MR) is 65.0 cm³/mol. The van der Waals surface area contributed by atoms with Crippen LogP contribution in [-0.4, -0.2) is 59.1 Å². The molecule has 0 radical (unpaired) electrons. The maximum Gasteiger partial charge on any atom is 0.358 e. The highest BCUT2D eigenvalue weighted by atomic mass is 16.5. The van der Waals surface area contributed by atoms with Gasteiger partial charge < -0.3 is 19.8 Å². The number of nitrogens with zero attached hydrogens (tertiary/aromatic N) is 3. The number of anilines is 1. The van der Waals surface area contributed by atoms with Crippen molar-refractivity contribution in [1.29, 1.82) is 0 Å². The summed E-state index contributed by atoms with van der Waals surface area (Å²) < 4.78 is 5.43. The Balaban J connectivity index is 1.91. The highest BCUT2D eigenvalue weighted by Gasteiger charge is 2.51. The van der Waals surface area contributed by atoms with Crippen molar-refractivity contribution in [3.8, 4) is 0 Å². The molecular formula is C12H15N3O4. The van der Waals surface area contributed by atoms with Crippen LogP contribution in [0.5, 0.6) is 0 Å². The van der Waals surface area contributed by atoms with E-state index in [-0.39, 0.29) is 23.6 Å². The zero-order chi connectivity index (χ0) is 13.5. The largest absolute Gasteiger partial charge is 0.476 e. The number of carboxylic acid groups (broad SMARTS) is 1. The van der Waals surface area contributed by atoms with Crippen molar-refractivity contribution in [2.75, 3.05) is 37.8 Å². The van der Waals surface area contributed by atoms with E-state index in [9.17, 15) is 9.90 Å². The quantitative estimate of drug-likeness (QED) is 0.769. The smallest absolute Gasteiger partial charge is 0.358 e. The number of aromatic nitrogens is 2. The van der Waals surface area contributed by atoms with Crippen molar-refractivity contribution < 1.29 is 19.7 Å². The van der Waals surface area contributed by atoms with Crippen molar-refractivity contribution >= 4 is 11.8 Å². The molecule has 2 aliphatic rings. The number of aliphatic hydroxyl groups excluding tert-OH is 1. The van der Waals surface area contributed by atoms with Gasteiger partial charge in [-0.1, -0.05) is 0 Å². The van der Waals surface area contributed by atoms with Crippen LogP contribution in [0, 0.1) is 11.3 Å².